The molecule has 356 valence electrons. The predicted octanol–water partition coefficient (Wildman–Crippen LogP) is 7.92. The number of ketones is 2. The summed E-state index contributed by atoms with van der Waals surface area (Å²) in [5.74, 6) is -0.112. The fourth-order valence-electron chi connectivity index (χ4n) is 6.65. The molecular weight excluding hydrogens is 943 g/mol. The number of Topliss-reactive ketones (excluding diaryl/α,β-unsaturated/α-hetero) is 2. The van der Waals surface area contributed by atoms with Crippen molar-refractivity contribution in [3.8, 4) is 9.88 Å². The summed E-state index contributed by atoms with van der Waals surface area (Å²) in [4.78, 5) is 54.1. The second kappa shape index (κ2) is 26.4. The van der Waals surface area contributed by atoms with E-state index in [2.05, 4.69) is 57.2 Å². The van der Waals surface area contributed by atoms with E-state index in [0.717, 1.165) is 40.3 Å². The lowest BCUT2D eigenvalue weighted by molar-refractivity contribution is -0.119. The van der Waals surface area contributed by atoms with Gasteiger partial charge in [0.15, 0.2) is 20.1 Å². The van der Waals surface area contributed by atoms with Crippen molar-refractivity contribution in [3.05, 3.63) is 98.9 Å². The molecule has 0 bridgehead atoms. The van der Waals surface area contributed by atoms with Crippen LogP contribution in [0.3, 0.4) is 0 Å². The number of nitrogens with one attached hydrogen (secondary N) is 6. The molecule has 0 radical (unpaired) electrons. The average Bonchev–Trinajstić information content (AvgIpc) is 4.05. The molecule has 2 aromatic carbocycles. The van der Waals surface area contributed by atoms with Gasteiger partial charge in [-0.2, -0.15) is 11.8 Å². The van der Waals surface area contributed by atoms with Gasteiger partial charge in [-0.15, -0.1) is 22.7 Å². The van der Waals surface area contributed by atoms with Crippen LogP contribution in [0.1, 0.15) is 101 Å². The van der Waals surface area contributed by atoms with Crippen molar-refractivity contribution in [1.29, 1.82) is 0 Å². The lowest BCUT2D eigenvalue weighted by atomic mass is 9.69. The summed E-state index contributed by atoms with van der Waals surface area (Å²) in [7, 11) is 0.00870. The molecule has 0 saturated carbocycles. The van der Waals surface area contributed by atoms with Crippen molar-refractivity contribution < 1.29 is 32.3 Å². The Morgan fingerprint density at radius 3 is 2.18 bits per heavy atom. The summed E-state index contributed by atoms with van der Waals surface area (Å²) in [5, 5.41) is 10.5. The van der Waals surface area contributed by atoms with Crippen molar-refractivity contribution in [2.24, 2.45) is 5.92 Å². The molecule has 1 aliphatic heterocycles. The second-order valence-electron chi connectivity index (χ2n) is 14.5. The minimum absolute atomic E-state index is 0. The average molecular weight is 1010 g/mol. The number of rotatable bonds is 8. The van der Waals surface area contributed by atoms with Crippen LogP contribution in [0.25, 0.3) is 15.6 Å². The normalized spacial score (nSPS) is 14.8. The summed E-state index contributed by atoms with van der Waals surface area (Å²) in [6.07, 6.45) is 3.04. The monoisotopic (exact) mass is 1010 g/mol. The zero-order chi connectivity index (χ0) is 44.3. The topological polar surface area (TPSA) is 197 Å². The fourth-order valence-corrected chi connectivity index (χ4v) is 10.9. The summed E-state index contributed by atoms with van der Waals surface area (Å²) in [5.41, 5.74) is 14.7. The molecule has 65 heavy (non-hydrogen) atoms. The van der Waals surface area contributed by atoms with Crippen molar-refractivity contribution >= 4 is 108 Å². The number of aromatic nitrogens is 1. The minimum Gasteiger partial charge on any atom is -0.492 e. The molecule has 1 atom stereocenters. The maximum atomic E-state index is 12.7. The van der Waals surface area contributed by atoms with Gasteiger partial charge in [0, 0.05) is 42.3 Å². The molecule has 20 heteroatoms. The van der Waals surface area contributed by atoms with Crippen LogP contribution in [0.4, 0.5) is 0 Å². The van der Waals surface area contributed by atoms with Gasteiger partial charge in [0.05, 0.1) is 33.5 Å². The molecule has 4 aromatic rings. The quantitative estimate of drug-likeness (QED) is 0.0431. The van der Waals surface area contributed by atoms with Gasteiger partial charge in [0.25, 0.3) is 5.91 Å². The highest BCUT2D eigenvalue weighted by atomic mass is 32.2. The third-order valence-electron chi connectivity index (χ3n) is 9.77. The predicted molar refractivity (Wildman–Crippen MR) is 277 cm³/mol. The van der Waals surface area contributed by atoms with Gasteiger partial charge in [-0.1, -0.05) is 86.9 Å². The number of nitrogens with zero attached hydrogens (tertiary/aromatic N) is 1. The first-order valence-electron chi connectivity index (χ1n) is 19.1. The number of hydrogen-bond donors (Lipinski definition) is 6. The number of carbonyl (C=O) groups excluding carboxylic acids is 4. The van der Waals surface area contributed by atoms with Gasteiger partial charge >= 0.3 is 0 Å². The molecule has 7 rings (SSSR count). The minimum atomic E-state index is -3.29. The van der Waals surface area contributed by atoms with Crippen LogP contribution in [-0.2, 0) is 36.0 Å². The molecule has 0 saturated heterocycles. The molecule has 0 fully saturated rings. The maximum absolute atomic E-state index is 12.7. The van der Waals surface area contributed by atoms with Crippen LogP contribution in [-0.4, -0.2) is 85.0 Å². The molecular formula is C45H63N7O7S6. The van der Waals surface area contributed by atoms with Crippen molar-refractivity contribution in [2.45, 2.75) is 80.1 Å². The van der Waals surface area contributed by atoms with Gasteiger partial charge in [0.1, 0.15) is 16.5 Å². The molecule has 6 N–H and O–H groups in total. The lowest BCUT2D eigenvalue weighted by Crippen LogP contribution is -2.46. The first kappa shape index (κ1) is 58.3. The number of hydrogen-bond acceptors (Lipinski definition) is 13. The number of thiazole rings is 1. The Balaban J connectivity index is 0.000000475. The van der Waals surface area contributed by atoms with E-state index in [9.17, 15) is 27.6 Å². The maximum Gasteiger partial charge on any atom is 0.289 e. The van der Waals surface area contributed by atoms with E-state index in [4.69, 9.17) is 29.2 Å². The number of thioether (sulfide) groups is 1. The van der Waals surface area contributed by atoms with Gasteiger partial charge in [-0.3, -0.25) is 40.9 Å². The Bertz CT molecular complexity index is 2420. The van der Waals surface area contributed by atoms with Crippen LogP contribution >= 0.6 is 58.9 Å². The molecule has 2 aromatic heterocycles. The zero-order valence-corrected chi connectivity index (χ0v) is 39.0. The molecule has 2 aliphatic carbocycles. The number of fused-ring (bicyclic) bond motifs is 4. The number of thiophene rings is 1. The van der Waals surface area contributed by atoms with E-state index >= 15 is 0 Å². The highest BCUT2D eigenvalue weighted by Crippen LogP contribution is 2.45. The number of benzene rings is 2. The van der Waals surface area contributed by atoms with E-state index in [0.29, 0.717) is 50.1 Å². The highest BCUT2D eigenvalue weighted by molar-refractivity contribution is 8.01. The van der Waals surface area contributed by atoms with E-state index in [-0.39, 0.29) is 75.9 Å². The fraction of sp³-hybridized carbons (Fsp3) is 0.400. The van der Waals surface area contributed by atoms with E-state index in [1.165, 1.54) is 28.7 Å². The number of carbonyl (C=O) groups is 4. The molecule has 3 aliphatic rings. The van der Waals surface area contributed by atoms with E-state index in [1.807, 2.05) is 30.5 Å². The number of hydrazine groups is 2. The van der Waals surface area contributed by atoms with Crippen LogP contribution in [0.2, 0.25) is 0 Å². The van der Waals surface area contributed by atoms with Gasteiger partial charge in [-0.05, 0) is 83.8 Å². The van der Waals surface area contributed by atoms with Crippen LogP contribution in [0.5, 0.6) is 0 Å². The van der Waals surface area contributed by atoms with Crippen molar-refractivity contribution in [1.82, 2.24) is 37.3 Å². The lowest BCUT2D eigenvalue weighted by Gasteiger charge is -2.35. The van der Waals surface area contributed by atoms with Crippen molar-refractivity contribution in [2.75, 3.05) is 38.0 Å². The summed E-state index contributed by atoms with van der Waals surface area (Å²) in [6, 6.07) is 16.3. The Hall–Kier alpha value is -4.73. The van der Waals surface area contributed by atoms with Gasteiger partial charge < -0.3 is 15.4 Å². The molecule has 0 spiro atoms. The summed E-state index contributed by atoms with van der Waals surface area (Å²) < 4.78 is 29.7. The third kappa shape index (κ3) is 14.9. The number of amides is 2. The third-order valence-corrected chi connectivity index (χ3v) is 15.2. The molecule has 1 unspecified atom stereocenters. The van der Waals surface area contributed by atoms with Crippen LogP contribution < -0.4 is 32.3 Å². The summed E-state index contributed by atoms with van der Waals surface area (Å²) in [6.45, 7) is 6.86. The molecule has 14 nitrogen and oxygen atoms in total. The zero-order valence-electron chi connectivity index (χ0n) is 34.1. The first-order valence-corrected chi connectivity index (χ1v) is 24.5. The smallest absolute Gasteiger partial charge is 0.289 e. The van der Waals surface area contributed by atoms with Crippen LogP contribution in [0.15, 0.2) is 75.8 Å². The SMILES string of the molecule is C.C.C.C.CC1COC2=C1C(=O)C(=O)c1c2ccc2c1CCCC2(C)C.CNC(=S)NNC(=O)CSCCS(=O)(=O)c1ccccc1.CNC(=S)NNC(=O)c1csc(-c2cccs2)n1. The molecule has 3 heterocycles. The first-order chi connectivity index (χ1) is 29.1. The van der Waals surface area contributed by atoms with Gasteiger partial charge in [-0.25, -0.2) is 13.4 Å². The standard InChI is InChI=1S/C19H20O3.C12H17N3O3S3.C10H10N4OS3.4CH4/c1-10-9-22-18-12-6-7-13-11(5-4-8-19(13,2)3)15(12)17(21)16(20)14(10)18;1-13-12(19)15-14-11(16)9-20-7-8-21(17,18)10-5-3-2-4-6-10;1-11-10(16)14-13-8(15)6-5-18-9(12-6)7-3-2-4-17-7;;;;/h6-7,10H,4-5,8-9H2,1-3H3;2-6H,7-9H2,1H3,(H,14,16)(H2,13,15,19);2-5H,1H3,(H,13,15)(H2,11,14,16);4*1H4. The van der Waals surface area contributed by atoms with Gasteiger partial charge in [0.2, 0.25) is 17.5 Å². The number of ether oxygens (including phenoxy) is 1. The van der Waals surface area contributed by atoms with Crippen molar-refractivity contribution in [3.63, 3.8) is 0 Å². The Morgan fingerprint density at radius 1 is 0.892 bits per heavy atom. The number of thiocarbonyl (C=S) groups is 2. The summed E-state index contributed by atoms with van der Waals surface area (Å²) >= 11 is 13.9. The van der Waals surface area contributed by atoms with E-state index in [1.54, 1.807) is 61.1 Å². The second-order valence-corrected chi connectivity index (χ2v) is 20.3. The van der Waals surface area contributed by atoms with Crippen LogP contribution in [0, 0.1) is 5.92 Å². The Labute approximate surface area is 407 Å². The van der Waals surface area contributed by atoms with E-state index < -0.39 is 9.84 Å². The Kier molecular flexibility index (Phi) is 23.7. The Morgan fingerprint density at radius 2 is 1.55 bits per heavy atom. The molecule has 2 amide bonds. The highest BCUT2D eigenvalue weighted by Gasteiger charge is 2.43. The number of sulfone groups is 1. The largest absolute Gasteiger partial charge is 0.492 e.